The number of hydrogen-bond acceptors (Lipinski definition) is 16. The van der Waals surface area contributed by atoms with Gasteiger partial charge in [-0.05, 0) is 47.5 Å². The number of nitrogens with zero attached hydrogens (tertiary/aromatic N) is 6. The second kappa shape index (κ2) is 15.6. The number of carbonyl (C=O) groups is 2. The Labute approximate surface area is 359 Å². The Morgan fingerprint density at radius 2 is 1.07 bits per heavy atom. The van der Waals surface area contributed by atoms with E-state index in [1.54, 1.807) is 47.7 Å². The summed E-state index contributed by atoms with van der Waals surface area (Å²) in [6.07, 6.45) is 0. The molecule has 6 heterocycles. The van der Waals surface area contributed by atoms with E-state index in [1.807, 2.05) is 78.9 Å². The maximum Gasteiger partial charge on any atom is 0.333 e. The molecule has 0 radical (unpaired) electrons. The molecule has 2 aromatic carbocycles. The molecular weight excluding hydrogens is 857 g/mol. The van der Waals surface area contributed by atoms with Crippen molar-refractivity contribution in [3.8, 4) is 53.5 Å². The quantitative estimate of drug-likeness (QED) is 0.0741. The van der Waals surface area contributed by atoms with E-state index in [0.29, 0.717) is 21.1 Å². The van der Waals surface area contributed by atoms with Crippen LogP contribution in [0.4, 0.5) is 10.0 Å². The predicted octanol–water partition coefficient (Wildman–Crippen LogP) is 11.7. The maximum atomic E-state index is 15.1. The zero-order chi connectivity index (χ0) is 40.7. The highest BCUT2D eigenvalue weighted by atomic mass is 32.1. The van der Waals surface area contributed by atoms with Crippen LogP contribution in [-0.2, 0) is 37.7 Å². The van der Waals surface area contributed by atoms with Gasteiger partial charge in [-0.3, -0.25) is 9.59 Å². The lowest BCUT2D eigenvalue weighted by Crippen LogP contribution is -2.45. The zero-order valence-corrected chi connectivity index (χ0v) is 34.8. The fourth-order valence-electron chi connectivity index (χ4n) is 6.68. The molecule has 1 aliphatic carbocycles. The average Bonchev–Trinajstić information content (AvgIpc) is 4.13. The molecule has 0 spiro atoms. The van der Waals surface area contributed by atoms with Crippen LogP contribution in [0.15, 0.2) is 107 Å². The summed E-state index contributed by atoms with van der Waals surface area (Å²) in [7, 11) is 0. The van der Waals surface area contributed by atoms with Crippen molar-refractivity contribution >= 4 is 120 Å². The first-order valence-corrected chi connectivity index (χ1v) is 22.3. The molecule has 6 aromatic heterocycles. The number of fused-ring (bicyclic) bond motifs is 7. The minimum atomic E-state index is -1.97. The molecule has 1 aliphatic rings. The number of carbonyl (C=O) groups excluding carboxylic acids is 2. The first-order chi connectivity index (χ1) is 28.8. The van der Waals surface area contributed by atoms with Crippen molar-refractivity contribution in [2.24, 2.45) is 9.98 Å². The Bertz CT molecular complexity index is 3140. The fourth-order valence-corrected chi connectivity index (χ4v) is 14.3. The molecule has 0 atom stereocenters. The summed E-state index contributed by atoms with van der Waals surface area (Å²) in [5.41, 5.74) is 0.0978. The Kier molecular flexibility index (Phi) is 10.1. The molecule has 8 aromatic rings. The molecule has 9 rings (SSSR count). The summed E-state index contributed by atoms with van der Waals surface area (Å²) in [6.45, 7) is -0.122. The van der Waals surface area contributed by atoms with E-state index in [4.69, 9.17) is 9.47 Å². The van der Waals surface area contributed by atoms with Gasteiger partial charge >= 0.3 is 11.9 Å². The lowest BCUT2D eigenvalue weighted by atomic mass is 9.79. The van der Waals surface area contributed by atoms with Crippen LogP contribution in [0.5, 0.6) is 0 Å². The van der Waals surface area contributed by atoms with Crippen molar-refractivity contribution in [1.29, 1.82) is 21.0 Å². The van der Waals surface area contributed by atoms with E-state index in [0.717, 1.165) is 59.2 Å². The number of thiophene rings is 6. The first-order valence-electron chi connectivity index (χ1n) is 17.4. The number of rotatable bonds is 10. The third-order valence-corrected chi connectivity index (χ3v) is 16.8. The van der Waals surface area contributed by atoms with E-state index >= 15 is 9.59 Å². The van der Waals surface area contributed by atoms with Crippen molar-refractivity contribution < 1.29 is 19.1 Å². The van der Waals surface area contributed by atoms with Gasteiger partial charge in [-0.15, -0.1) is 68.0 Å². The highest BCUT2D eigenvalue weighted by Crippen LogP contribution is 2.63. The molecule has 0 amide bonds. The van der Waals surface area contributed by atoms with Gasteiger partial charge < -0.3 is 9.47 Å². The minimum absolute atomic E-state index is 0.0608. The SMILES string of the molecule is N#CC(C#N)=Nc1ccc(-c2cc3c(s2)-c2sc4c(sc5cc(-c6ccc(N=C(C#N)C#N)s6)sc54)c2C3(C(=O)OCc2ccccc2)C(=O)OCc2ccccc2)s1. The number of esters is 2. The normalized spacial score (nSPS) is 12.1. The molecular formula is C43H20N6O4S6. The minimum Gasteiger partial charge on any atom is -0.459 e. The summed E-state index contributed by atoms with van der Waals surface area (Å²) in [5, 5.41) is 38.0. The van der Waals surface area contributed by atoms with Gasteiger partial charge in [-0.1, -0.05) is 60.7 Å². The number of aliphatic imine (C=N–C) groups is 2. The van der Waals surface area contributed by atoms with Crippen molar-refractivity contribution in [2.75, 3.05) is 0 Å². The topological polar surface area (TPSA) is 172 Å². The summed E-state index contributed by atoms with van der Waals surface area (Å²) in [6, 6.07) is 37.0. The lowest BCUT2D eigenvalue weighted by molar-refractivity contribution is -0.164. The zero-order valence-electron chi connectivity index (χ0n) is 29.9. The highest BCUT2D eigenvalue weighted by molar-refractivity contribution is 7.41. The van der Waals surface area contributed by atoms with Gasteiger partial charge in [0.2, 0.25) is 16.8 Å². The number of benzene rings is 2. The van der Waals surface area contributed by atoms with Crippen molar-refractivity contribution in [1.82, 2.24) is 0 Å². The van der Waals surface area contributed by atoms with Gasteiger partial charge in [0.15, 0.2) is 0 Å². The third-order valence-electron chi connectivity index (χ3n) is 9.27. The number of ether oxygens (including phenoxy) is 2. The fraction of sp³-hybridized carbons (Fsp3) is 0.0698. The second-order valence-corrected chi connectivity index (χ2v) is 19.0. The van der Waals surface area contributed by atoms with Crippen LogP contribution in [0.1, 0.15) is 22.3 Å². The number of hydrogen-bond donors (Lipinski definition) is 0. The molecule has 59 heavy (non-hydrogen) atoms. The van der Waals surface area contributed by atoms with E-state index in [1.165, 1.54) is 56.7 Å². The van der Waals surface area contributed by atoms with Crippen LogP contribution in [0.2, 0.25) is 0 Å². The summed E-state index contributed by atoms with van der Waals surface area (Å²) < 4.78 is 16.0. The molecule has 0 fully saturated rings. The van der Waals surface area contributed by atoms with Gasteiger partial charge in [-0.2, -0.15) is 21.0 Å². The van der Waals surface area contributed by atoms with E-state index in [2.05, 4.69) is 16.1 Å². The van der Waals surface area contributed by atoms with Crippen LogP contribution < -0.4 is 0 Å². The van der Waals surface area contributed by atoms with Crippen LogP contribution in [0.3, 0.4) is 0 Å². The number of nitriles is 4. The molecule has 16 heteroatoms. The lowest BCUT2D eigenvalue weighted by Gasteiger charge is -2.26. The van der Waals surface area contributed by atoms with E-state index < -0.39 is 17.4 Å². The van der Waals surface area contributed by atoms with Crippen LogP contribution in [0.25, 0.3) is 48.1 Å². The second-order valence-electron chi connectivity index (χ2n) is 12.7. The molecule has 282 valence electrons. The summed E-state index contributed by atoms with van der Waals surface area (Å²) >= 11 is 8.71. The van der Waals surface area contributed by atoms with E-state index in [9.17, 15) is 21.0 Å². The van der Waals surface area contributed by atoms with Gasteiger partial charge in [0.05, 0.1) is 23.9 Å². The molecule has 0 saturated heterocycles. The van der Waals surface area contributed by atoms with Crippen LogP contribution in [-0.4, -0.2) is 23.4 Å². The van der Waals surface area contributed by atoms with Crippen molar-refractivity contribution in [3.63, 3.8) is 0 Å². The monoisotopic (exact) mass is 876 g/mol. The first kappa shape index (κ1) is 37.9. The average molecular weight is 877 g/mol. The van der Waals surface area contributed by atoms with Gasteiger partial charge in [-0.25, -0.2) is 9.98 Å². The Hall–Kier alpha value is -6.60. The van der Waals surface area contributed by atoms with E-state index in [-0.39, 0.29) is 24.6 Å². The molecule has 0 N–H and O–H groups in total. The Morgan fingerprint density at radius 3 is 1.59 bits per heavy atom. The molecule has 0 unspecified atom stereocenters. The molecule has 0 saturated carbocycles. The third kappa shape index (κ3) is 6.64. The largest absolute Gasteiger partial charge is 0.459 e. The van der Waals surface area contributed by atoms with Crippen molar-refractivity contribution in [2.45, 2.75) is 18.6 Å². The van der Waals surface area contributed by atoms with Crippen LogP contribution >= 0.6 is 68.0 Å². The maximum absolute atomic E-state index is 15.1. The molecule has 0 bridgehead atoms. The molecule has 10 nitrogen and oxygen atoms in total. The standard InChI is InChI=1S/C43H20N6O4S6/c44-17-25(18-45)48-33-13-11-28(54-33)30-15-27-36(56-30)38-35(39-40(59-38)37-32(58-39)16-31(57-37)29-12-14-34(55-29)49-26(19-46)20-47)43(27,41(50)52-21-23-7-3-1-4-8-23)42(51)53-22-24-9-5-2-6-10-24/h1-16H,21-22H2. The van der Waals surface area contributed by atoms with Gasteiger partial charge in [0.1, 0.15) is 47.5 Å². The Morgan fingerprint density at radius 1 is 0.542 bits per heavy atom. The van der Waals surface area contributed by atoms with Crippen LogP contribution in [0, 0.1) is 45.3 Å². The molecule has 0 aliphatic heterocycles. The predicted molar refractivity (Wildman–Crippen MR) is 235 cm³/mol. The Balaban J connectivity index is 1.21. The highest BCUT2D eigenvalue weighted by Gasteiger charge is 2.61. The summed E-state index contributed by atoms with van der Waals surface area (Å²) in [4.78, 5) is 43.5. The van der Waals surface area contributed by atoms with Gasteiger partial charge in [0, 0.05) is 35.3 Å². The van der Waals surface area contributed by atoms with Gasteiger partial charge in [0.25, 0.3) is 0 Å². The summed E-state index contributed by atoms with van der Waals surface area (Å²) in [5.74, 6) is -1.49. The van der Waals surface area contributed by atoms with Crippen molar-refractivity contribution in [3.05, 3.63) is 119 Å². The smallest absolute Gasteiger partial charge is 0.333 e.